The molecule has 2 saturated heterocycles. The quantitative estimate of drug-likeness (QED) is 0.923. The first-order chi connectivity index (χ1) is 11.4. The summed E-state index contributed by atoms with van der Waals surface area (Å²) < 4.78 is 19.1. The highest BCUT2D eigenvalue weighted by Gasteiger charge is 2.34. The number of hydrogen-bond donors (Lipinski definition) is 1. The fourth-order valence-corrected chi connectivity index (χ4v) is 4.02. The van der Waals surface area contributed by atoms with Crippen LogP contribution in [0.3, 0.4) is 0 Å². The Morgan fingerprint density at radius 3 is 2.62 bits per heavy atom. The van der Waals surface area contributed by atoms with Crippen LogP contribution in [0.25, 0.3) is 0 Å². The molecule has 1 aromatic carbocycles. The van der Waals surface area contributed by atoms with E-state index in [-0.39, 0.29) is 30.0 Å². The van der Waals surface area contributed by atoms with E-state index >= 15 is 0 Å². The van der Waals surface area contributed by atoms with Crippen molar-refractivity contribution in [2.24, 2.45) is 0 Å². The Morgan fingerprint density at radius 2 is 1.96 bits per heavy atom. The van der Waals surface area contributed by atoms with E-state index in [1.165, 1.54) is 12.1 Å². The van der Waals surface area contributed by atoms with Gasteiger partial charge in [-0.1, -0.05) is 0 Å². The molecular weight excluding hydrogens is 307 g/mol. The molecular formula is C19H27FN2O2. The lowest BCUT2D eigenvalue weighted by Crippen LogP contribution is -2.55. The molecule has 1 N–H and O–H groups in total. The third kappa shape index (κ3) is 3.78. The number of benzene rings is 1. The van der Waals surface area contributed by atoms with Gasteiger partial charge in [0.1, 0.15) is 5.82 Å². The molecule has 1 aromatic rings. The number of hydrogen-bond acceptors (Lipinski definition) is 3. The van der Waals surface area contributed by atoms with Crippen LogP contribution < -0.4 is 10.2 Å². The van der Waals surface area contributed by atoms with Crippen molar-refractivity contribution in [3.05, 3.63) is 29.6 Å². The van der Waals surface area contributed by atoms with E-state index in [0.29, 0.717) is 12.6 Å². The maximum atomic E-state index is 13.3. The van der Waals surface area contributed by atoms with Gasteiger partial charge in [0, 0.05) is 18.3 Å². The smallest absolute Gasteiger partial charge is 0.244 e. The number of nitrogens with one attached hydrogen (secondary N) is 1. The second kappa shape index (κ2) is 7.19. The van der Waals surface area contributed by atoms with Crippen molar-refractivity contribution in [3.8, 4) is 0 Å². The molecule has 5 heteroatoms. The molecule has 1 amide bonds. The van der Waals surface area contributed by atoms with Crippen LogP contribution in [-0.2, 0) is 9.53 Å². The zero-order valence-electron chi connectivity index (χ0n) is 14.7. The molecule has 2 aliphatic rings. The van der Waals surface area contributed by atoms with Gasteiger partial charge >= 0.3 is 0 Å². The Morgan fingerprint density at radius 1 is 1.25 bits per heavy atom. The topological polar surface area (TPSA) is 41.6 Å². The minimum atomic E-state index is -0.263. The lowest BCUT2D eigenvalue weighted by atomic mass is 9.96. The molecule has 2 heterocycles. The monoisotopic (exact) mass is 334 g/mol. The maximum Gasteiger partial charge on any atom is 0.244 e. The number of anilines is 1. The Bertz CT molecular complexity index is 597. The molecule has 3 atom stereocenters. The van der Waals surface area contributed by atoms with Crippen molar-refractivity contribution in [2.75, 3.05) is 11.4 Å². The lowest BCUT2D eigenvalue weighted by molar-refractivity contribution is -0.122. The molecule has 0 radical (unpaired) electrons. The first-order valence-electron chi connectivity index (χ1n) is 8.93. The molecule has 0 unspecified atom stereocenters. The summed E-state index contributed by atoms with van der Waals surface area (Å²) in [6.45, 7) is 6.72. The van der Waals surface area contributed by atoms with E-state index < -0.39 is 0 Å². The molecule has 3 rings (SSSR count). The van der Waals surface area contributed by atoms with Gasteiger partial charge in [0.2, 0.25) is 5.91 Å². The van der Waals surface area contributed by atoms with E-state index in [2.05, 4.69) is 19.2 Å². The number of carbonyl (C=O) groups is 1. The van der Waals surface area contributed by atoms with E-state index in [1.807, 2.05) is 11.8 Å². The van der Waals surface area contributed by atoms with Crippen molar-refractivity contribution in [1.82, 2.24) is 5.32 Å². The van der Waals surface area contributed by atoms with Crippen molar-refractivity contribution in [3.63, 3.8) is 0 Å². The lowest BCUT2D eigenvalue weighted by Gasteiger charge is -2.38. The summed E-state index contributed by atoms with van der Waals surface area (Å²) in [5.41, 5.74) is 1.62. The van der Waals surface area contributed by atoms with Crippen LogP contribution >= 0.6 is 0 Å². The SMILES string of the molecule is Cc1cc(F)ccc1N1CCC[C@H](NC2C[C@@H](C)O[C@H](C)C2)C1=O. The van der Waals surface area contributed by atoms with Crippen LogP contribution in [-0.4, -0.2) is 36.7 Å². The molecule has 4 nitrogen and oxygen atoms in total. The third-order valence-electron chi connectivity index (χ3n) is 5.02. The van der Waals surface area contributed by atoms with Crippen LogP contribution in [0.2, 0.25) is 0 Å². The largest absolute Gasteiger partial charge is 0.375 e. The molecule has 2 fully saturated rings. The van der Waals surface area contributed by atoms with E-state index in [1.54, 1.807) is 6.07 Å². The minimum absolute atomic E-state index is 0.0998. The van der Waals surface area contributed by atoms with E-state index in [4.69, 9.17) is 4.74 Å². The third-order valence-corrected chi connectivity index (χ3v) is 5.02. The average molecular weight is 334 g/mol. The van der Waals surface area contributed by atoms with Gasteiger partial charge in [0.25, 0.3) is 0 Å². The van der Waals surface area contributed by atoms with Crippen molar-refractivity contribution in [1.29, 1.82) is 0 Å². The average Bonchev–Trinajstić information content (AvgIpc) is 2.49. The van der Waals surface area contributed by atoms with Crippen LogP contribution in [0.15, 0.2) is 18.2 Å². The van der Waals surface area contributed by atoms with Gasteiger partial charge in [-0.25, -0.2) is 4.39 Å². The van der Waals surface area contributed by atoms with Gasteiger partial charge in [0.05, 0.1) is 18.2 Å². The fourth-order valence-electron chi connectivity index (χ4n) is 4.02. The second-order valence-corrected chi connectivity index (χ2v) is 7.21. The van der Waals surface area contributed by atoms with Gasteiger partial charge in [-0.15, -0.1) is 0 Å². The summed E-state index contributed by atoms with van der Waals surface area (Å²) in [5, 5.41) is 3.55. The van der Waals surface area contributed by atoms with Crippen molar-refractivity contribution in [2.45, 2.75) is 70.7 Å². The fraction of sp³-hybridized carbons (Fsp3) is 0.632. The molecule has 0 aliphatic carbocycles. The normalized spacial score (nSPS) is 31.3. The standard InChI is InChI=1S/C19H27FN2O2/c1-12-9-15(20)6-7-18(12)22-8-4-5-17(19(22)23)21-16-10-13(2)24-14(3)11-16/h6-7,9,13-14,16-17,21H,4-5,8,10-11H2,1-3H3/t13-,14-,17+/m1/s1. The highest BCUT2D eigenvalue weighted by atomic mass is 19.1. The van der Waals surface area contributed by atoms with Gasteiger partial charge in [0.15, 0.2) is 0 Å². The van der Waals surface area contributed by atoms with Crippen molar-refractivity contribution < 1.29 is 13.9 Å². The Kier molecular flexibility index (Phi) is 5.21. The number of amides is 1. The second-order valence-electron chi connectivity index (χ2n) is 7.21. The number of rotatable bonds is 3. The summed E-state index contributed by atoms with van der Waals surface area (Å²) in [6.07, 6.45) is 4.12. The number of aryl methyl sites for hydroxylation is 1. The molecule has 0 bridgehead atoms. The van der Waals surface area contributed by atoms with Crippen molar-refractivity contribution >= 4 is 11.6 Å². The van der Waals surface area contributed by atoms with E-state index in [0.717, 1.165) is 36.9 Å². The Hall–Kier alpha value is -1.46. The molecule has 2 aliphatic heterocycles. The molecule has 132 valence electrons. The van der Waals surface area contributed by atoms with Crippen LogP contribution in [0.1, 0.15) is 45.1 Å². The molecule has 0 spiro atoms. The summed E-state index contributed by atoms with van der Waals surface area (Å²) in [5.74, 6) is -0.164. The number of nitrogens with zero attached hydrogens (tertiary/aromatic N) is 1. The van der Waals surface area contributed by atoms with Crippen LogP contribution in [0.4, 0.5) is 10.1 Å². The highest BCUT2D eigenvalue weighted by molar-refractivity contribution is 5.98. The first kappa shape index (κ1) is 17.4. The number of halogens is 1. The predicted octanol–water partition coefficient (Wildman–Crippen LogP) is 3.18. The van der Waals surface area contributed by atoms with Gasteiger partial charge < -0.3 is 15.0 Å². The zero-order valence-corrected chi connectivity index (χ0v) is 14.7. The zero-order chi connectivity index (χ0) is 17.3. The summed E-state index contributed by atoms with van der Waals surface area (Å²) in [4.78, 5) is 14.7. The summed E-state index contributed by atoms with van der Waals surface area (Å²) in [7, 11) is 0. The van der Waals surface area contributed by atoms with Gasteiger partial charge in [-0.2, -0.15) is 0 Å². The van der Waals surface area contributed by atoms with Crippen LogP contribution in [0.5, 0.6) is 0 Å². The Labute approximate surface area is 143 Å². The van der Waals surface area contributed by atoms with Crippen LogP contribution in [0, 0.1) is 12.7 Å². The minimum Gasteiger partial charge on any atom is -0.375 e. The molecule has 0 aromatic heterocycles. The first-order valence-corrected chi connectivity index (χ1v) is 8.93. The molecule has 24 heavy (non-hydrogen) atoms. The summed E-state index contributed by atoms with van der Waals surface area (Å²) >= 11 is 0. The van der Waals surface area contributed by atoms with Gasteiger partial charge in [-0.05, 0) is 70.2 Å². The summed E-state index contributed by atoms with van der Waals surface area (Å²) in [6, 6.07) is 4.78. The number of ether oxygens (including phenoxy) is 1. The molecule has 0 saturated carbocycles. The highest BCUT2D eigenvalue weighted by Crippen LogP contribution is 2.27. The maximum absolute atomic E-state index is 13.3. The van der Waals surface area contributed by atoms with Gasteiger partial charge in [-0.3, -0.25) is 4.79 Å². The Balaban J connectivity index is 1.70. The number of carbonyl (C=O) groups excluding carboxylic acids is 1. The number of piperidine rings is 1. The predicted molar refractivity (Wildman–Crippen MR) is 92.7 cm³/mol. The van der Waals surface area contributed by atoms with E-state index in [9.17, 15) is 9.18 Å².